The van der Waals surface area contributed by atoms with Gasteiger partial charge in [0.1, 0.15) is 6.04 Å². The summed E-state index contributed by atoms with van der Waals surface area (Å²) in [6, 6.07) is -1.94. The summed E-state index contributed by atoms with van der Waals surface area (Å²) < 4.78 is 0. The first-order valence-electron chi connectivity index (χ1n) is 9.38. The maximum atomic E-state index is 12.2. The van der Waals surface area contributed by atoms with Crippen LogP contribution in [0.2, 0.25) is 0 Å². The molecule has 27 heavy (non-hydrogen) atoms. The number of aliphatic carboxylic acids is 2. The molecule has 0 aromatic rings. The summed E-state index contributed by atoms with van der Waals surface area (Å²) >= 11 is 0. The van der Waals surface area contributed by atoms with Crippen molar-refractivity contribution >= 4 is 23.8 Å². The van der Waals surface area contributed by atoms with Gasteiger partial charge in [0.2, 0.25) is 11.8 Å². The Balaban J connectivity index is 2.38. The predicted molar refractivity (Wildman–Crippen MR) is 97.7 cm³/mol. The molecule has 1 saturated carbocycles. The van der Waals surface area contributed by atoms with Crippen molar-refractivity contribution in [3.8, 4) is 0 Å². The smallest absolute Gasteiger partial charge is 0.326 e. The SMILES string of the molecule is CC(C)C[C@@H](N)C(=O)NCC1CCC(C(=O)N[C@@H](CC(=O)O)C(=O)O)CC1. The van der Waals surface area contributed by atoms with Crippen molar-refractivity contribution in [3.63, 3.8) is 0 Å². The highest BCUT2D eigenvalue weighted by Crippen LogP contribution is 2.28. The fourth-order valence-electron chi connectivity index (χ4n) is 3.28. The van der Waals surface area contributed by atoms with Crippen molar-refractivity contribution in [2.75, 3.05) is 6.54 Å². The molecule has 2 atom stereocenters. The summed E-state index contributed by atoms with van der Waals surface area (Å²) in [5.41, 5.74) is 5.85. The van der Waals surface area contributed by atoms with Gasteiger partial charge in [0.15, 0.2) is 0 Å². The van der Waals surface area contributed by atoms with Crippen LogP contribution in [-0.4, -0.2) is 52.6 Å². The van der Waals surface area contributed by atoms with Crippen molar-refractivity contribution in [1.29, 1.82) is 0 Å². The molecule has 0 spiro atoms. The number of hydrogen-bond acceptors (Lipinski definition) is 5. The van der Waals surface area contributed by atoms with Crippen LogP contribution in [0.5, 0.6) is 0 Å². The maximum Gasteiger partial charge on any atom is 0.326 e. The van der Waals surface area contributed by atoms with Crippen molar-refractivity contribution in [1.82, 2.24) is 10.6 Å². The molecular formula is C18H31N3O6. The molecule has 0 aromatic heterocycles. The lowest BCUT2D eigenvalue weighted by Crippen LogP contribution is -2.46. The quantitative estimate of drug-likeness (QED) is 0.362. The molecule has 1 aliphatic rings. The number of amides is 2. The zero-order valence-electron chi connectivity index (χ0n) is 15.9. The first-order valence-corrected chi connectivity index (χ1v) is 9.38. The van der Waals surface area contributed by atoms with Crippen LogP contribution in [0.15, 0.2) is 0 Å². The minimum absolute atomic E-state index is 0.165. The highest BCUT2D eigenvalue weighted by Gasteiger charge is 2.30. The molecule has 154 valence electrons. The Bertz CT molecular complexity index is 543. The monoisotopic (exact) mass is 385 g/mol. The van der Waals surface area contributed by atoms with Gasteiger partial charge in [-0.05, 0) is 43.9 Å². The molecule has 0 unspecified atom stereocenters. The number of nitrogens with one attached hydrogen (secondary N) is 2. The molecule has 1 rings (SSSR count). The Morgan fingerprint density at radius 3 is 2.15 bits per heavy atom. The molecule has 2 amide bonds. The lowest BCUT2D eigenvalue weighted by Gasteiger charge is -2.29. The highest BCUT2D eigenvalue weighted by atomic mass is 16.4. The third-order valence-electron chi connectivity index (χ3n) is 4.84. The van der Waals surface area contributed by atoms with E-state index in [0.29, 0.717) is 31.7 Å². The summed E-state index contributed by atoms with van der Waals surface area (Å²) in [7, 11) is 0. The van der Waals surface area contributed by atoms with Gasteiger partial charge in [-0.1, -0.05) is 13.8 Å². The second kappa shape index (κ2) is 10.9. The van der Waals surface area contributed by atoms with E-state index >= 15 is 0 Å². The van der Waals surface area contributed by atoms with Crippen LogP contribution in [0.1, 0.15) is 52.4 Å². The average molecular weight is 385 g/mol. The summed E-state index contributed by atoms with van der Waals surface area (Å²) in [6.45, 7) is 4.52. The van der Waals surface area contributed by atoms with Gasteiger partial charge in [-0.2, -0.15) is 0 Å². The number of hydrogen-bond donors (Lipinski definition) is 5. The van der Waals surface area contributed by atoms with Crippen LogP contribution in [0.25, 0.3) is 0 Å². The lowest BCUT2D eigenvalue weighted by molar-refractivity contribution is -0.147. The minimum Gasteiger partial charge on any atom is -0.481 e. The third kappa shape index (κ3) is 8.38. The molecule has 9 nitrogen and oxygen atoms in total. The van der Waals surface area contributed by atoms with E-state index in [0.717, 1.165) is 12.8 Å². The van der Waals surface area contributed by atoms with Crippen molar-refractivity contribution in [3.05, 3.63) is 0 Å². The van der Waals surface area contributed by atoms with Gasteiger partial charge in [0, 0.05) is 12.5 Å². The number of carbonyl (C=O) groups excluding carboxylic acids is 2. The predicted octanol–water partition coefficient (Wildman–Crippen LogP) is 0.327. The number of carboxylic acids is 2. The van der Waals surface area contributed by atoms with Crippen LogP contribution in [0.3, 0.4) is 0 Å². The standard InChI is InChI=1S/C18H31N3O6/c1-10(2)7-13(19)17(25)20-9-11-3-5-12(6-4-11)16(24)21-14(18(26)27)8-15(22)23/h10-14H,3-9,19H2,1-2H3,(H,20,25)(H,21,24)(H,22,23)(H,26,27)/t11?,12?,13-,14+/m1/s1. The first-order chi connectivity index (χ1) is 12.6. The second-order valence-electron chi connectivity index (χ2n) is 7.70. The Hall–Kier alpha value is -2.16. The van der Waals surface area contributed by atoms with E-state index in [1.54, 1.807) is 0 Å². The fraction of sp³-hybridized carbons (Fsp3) is 0.778. The Kier molecular flexibility index (Phi) is 9.20. The van der Waals surface area contributed by atoms with Gasteiger partial charge in [-0.3, -0.25) is 14.4 Å². The van der Waals surface area contributed by atoms with E-state index in [1.807, 2.05) is 13.8 Å². The molecule has 0 saturated heterocycles. The molecule has 1 aliphatic carbocycles. The molecular weight excluding hydrogens is 354 g/mol. The van der Waals surface area contributed by atoms with Crippen LogP contribution >= 0.6 is 0 Å². The summed E-state index contributed by atoms with van der Waals surface area (Å²) in [6.07, 6.45) is 2.58. The van der Waals surface area contributed by atoms with Gasteiger partial charge in [-0.15, -0.1) is 0 Å². The molecule has 0 aromatic carbocycles. The van der Waals surface area contributed by atoms with E-state index in [4.69, 9.17) is 15.9 Å². The number of carbonyl (C=O) groups is 4. The van der Waals surface area contributed by atoms with E-state index < -0.39 is 36.4 Å². The Labute approximate surface area is 159 Å². The van der Waals surface area contributed by atoms with Gasteiger partial charge in [0.25, 0.3) is 0 Å². The highest BCUT2D eigenvalue weighted by molar-refractivity contribution is 5.87. The molecule has 9 heteroatoms. The second-order valence-corrected chi connectivity index (χ2v) is 7.70. The van der Waals surface area contributed by atoms with E-state index in [9.17, 15) is 19.2 Å². The minimum atomic E-state index is -1.42. The van der Waals surface area contributed by atoms with Crippen LogP contribution in [0.4, 0.5) is 0 Å². The zero-order valence-corrected chi connectivity index (χ0v) is 15.9. The molecule has 0 bridgehead atoms. The average Bonchev–Trinajstić information content (AvgIpc) is 2.58. The summed E-state index contributed by atoms with van der Waals surface area (Å²) in [5, 5.41) is 22.9. The van der Waals surface area contributed by atoms with Crippen LogP contribution in [0, 0.1) is 17.8 Å². The number of carboxylic acid groups (broad SMARTS) is 2. The summed E-state index contributed by atoms with van der Waals surface area (Å²) in [4.78, 5) is 45.9. The van der Waals surface area contributed by atoms with Crippen LogP contribution in [-0.2, 0) is 19.2 Å². The summed E-state index contributed by atoms with van der Waals surface area (Å²) in [5.74, 6) is -2.98. The van der Waals surface area contributed by atoms with Gasteiger partial charge in [-0.25, -0.2) is 4.79 Å². The van der Waals surface area contributed by atoms with E-state index in [1.165, 1.54) is 0 Å². The normalized spacial score (nSPS) is 21.9. The van der Waals surface area contributed by atoms with E-state index in [2.05, 4.69) is 10.6 Å². The molecule has 0 radical (unpaired) electrons. The molecule has 0 heterocycles. The first kappa shape index (κ1) is 22.9. The zero-order chi connectivity index (χ0) is 20.6. The number of rotatable bonds is 10. The molecule has 1 fully saturated rings. The molecule has 6 N–H and O–H groups in total. The van der Waals surface area contributed by atoms with Crippen molar-refractivity contribution in [2.24, 2.45) is 23.5 Å². The molecule has 0 aliphatic heterocycles. The Morgan fingerprint density at radius 1 is 1.07 bits per heavy atom. The Morgan fingerprint density at radius 2 is 1.67 bits per heavy atom. The third-order valence-corrected chi connectivity index (χ3v) is 4.84. The number of nitrogens with two attached hydrogens (primary N) is 1. The largest absolute Gasteiger partial charge is 0.481 e. The topological polar surface area (TPSA) is 159 Å². The van der Waals surface area contributed by atoms with Crippen molar-refractivity contribution < 1.29 is 29.4 Å². The van der Waals surface area contributed by atoms with E-state index in [-0.39, 0.29) is 17.7 Å². The fourth-order valence-corrected chi connectivity index (χ4v) is 3.28. The maximum absolute atomic E-state index is 12.2. The van der Waals surface area contributed by atoms with Gasteiger partial charge < -0.3 is 26.6 Å². The van der Waals surface area contributed by atoms with Gasteiger partial charge >= 0.3 is 11.9 Å². The van der Waals surface area contributed by atoms with Crippen molar-refractivity contribution in [2.45, 2.75) is 64.5 Å². The van der Waals surface area contributed by atoms with Crippen LogP contribution < -0.4 is 16.4 Å². The lowest BCUT2D eigenvalue weighted by atomic mass is 9.81. The van der Waals surface area contributed by atoms with Gasteiger partial charge in [0.05, 0.1) is 12.5 Å².